The second kappa shape index (κ2) is 5.44. The fraction of sp³-hybridized carbons (Fsp3) is 0.294. The summed E-state index contributed by atoms with van der Waals surface area (Å²) in [4.78, 5) is 41.8. The quantitative estimate of drug-likeness (QED) is 0.794. The van der Waals surface area contributed by atoms with Gasteiger partial charge in [-0.2, -0.15) is 0 Å². The number of rotatable bonds is 3. The maximum Gasteiger partial charge on any atom is 0.408 e. The van der Waals surface area contributed by atoms with Gasteiger partial charge >= 0.3 is 12.1 Å². The van der Waals surface area contributed by atoms with E-state index in [1.807, 2.05) is 0 Å². The summed E-state index contributed by atoms with van der Waals surface area (Å²) in [7, 11) is 0. The standard InChI is InChI=1S/C17H15N3O5/c21-15-14-12-11(8-19(14)17(24)25)7-10(13(16(22)23)20(12)15)2-1-9-3-5-18-6-4-9/h1-6,11-12,14H,7-8H2,(H,22,23)(H,24,25)/b2-1+/t11-,12-,14+/m1/s1. The zero-order valence-corrected chi connectivity index (χ0v) is 13.1. The number of pyridine rings is 1. The van der Waals surface area contributed by atoms with E-state index < -0.39 is 24.0 Å². The van der Waals surface area contributed by atoms with E-state index in [1.165, 1.54) is 4.90 Å². The predicted octanol–water partition coefficient (Wildman–Crippen LogP) is 1.03. The molecule has 2 N–H and O–H groups in total. The third-order valence-electron chi connectivity index (χ3n) is 5.02. The van der Waals surface area contributed by atoms with Crippen molar-refractivity contribution in [2.75, 3.05) is 6.54 Å². The Balaban J connectivity index is 1.70. The molecule has 3 atom stereocenters. The molecule has 0 saturated carbocycles. The van der Waals surface area contributed by atoms with Gasteiger partial charge in [0.2, 0.25) is 0 Å². The minimum absolute atomic E-state index is 0.0416. The van der Waals surface area contributed by atoms with E-state index in [-0.39, 0.29) is 24.2 Å². The van der Waals surface area contributed by atoms with Crippen molar-refractivity contribution in [1.29, 1.82) is 0 Å². The largest absolute Gasteiger partial charge is 0.477 e. The number of likely N-dealkylation sites (tertiary alicyclic amines) is 1. The summed E-state index contributed by atoms with van der Waals surface area (Å²) in [5.74, 6) is -1.71. The van der Waals surface area contributed by atoms with Crippen LogP contribution in [0.4, 0.5) is 4.79 Å². The number of aromatic nitrogens is 1. The summed E-state index contributed by atoms with van der Waals surface area (Å²) >= 11 is 0. The van der Waals surface area contributed by atoms with Crippen molar-refractivity contribution in [3.05, 3.63) is 47.4 Å². The fourth-order valence-corrected chi connectivity index (χ4v) is 3.99. The summed E-state index contributed by atoms with van der Waals surface area (Å²) in [5, 5.41) is 18.9. The van der Waals surface area contributed by atoms with Crippen molar-refractivity contribution in [3.8, 4) is 0 Å². The molecule has 0 aliphatic carbocycles. The molecular weight excluding hydrogens is 326 g/mol. The summed E-state index contributed by atoms with van der Waals surface area (Å²) < 4.78 is 0. The van der Waals surface area contributed by atoms with Crippen molar-refractivity contribution >= 4 is 24.0 Å². The molecule has 0 aromatic carbocycles. The van der Waals surface area contributed by atoms with Gasteiger partial charge in [0, 0.05) is 24.9 Å². The molecule has 8 nitrogen and oxygen atoms in total. The lowest BCUT2D eigenvalue weighted by molar-refractivity contribution is -0.156. The van der Waals surface area contributed by atoms with Gasteiger partial charge in [-0.3, -0.25) is 19.6 Å². The Morgan fingerprint density at radius 3 is 2.56 bits per heavy atom. The van der Waals surface area contributed by atoms with Crippen LogP contribution in [0, 0.1) is 5.92 Å². The first-order valence-electron chi connectivity index (χ1n) is 7.86. The zero-order valence-electron chi connectivity index (χ0n) is 13.1. The van der Waals surface area contributed by atoms with E-state index in [0.29, 0.717) is 12.0 Å². The number of hydrogen-bond acceptors (Lipinski definition) is 4. The van der Waals surface area contributed by atoms with Gasteiger partial charge in [0.15, 0.2) is 0 Å². The summed E-state index contributed by atoms with van der Waals surface area (Å²) in [5.41, 5.74) is 1.35. The second-order valence-corrected chi connectivity index (χ2v) is 6.34. The van der Waals surface area contributed by atoms with E-state index in [1.54, 1.807) is 36.7 Å². The molecule has 2 amide bonds. The van der Waals surface area contributed by atoms with Crippen LogP contribution in [-0.2, 0) is 9.59 Å². The first kappa shape index (κ1) is 15.4. The number of carboxylic acids is 1. The lowest BCUT2D eigenvalue weighted by Crippen LogP contribution is -2.69. The minimum Gasteiger partial charge on any atom is -0.477 e. The summed E-state index contributed by atoms with van der Waals surface area (Å²) in [6.07, 6.45) is 6.02. The Morgan fingerprint density at radius 1 is 1.20 bits per heavy atom. The highest BCUT2D eigenvalue weighted by Crippen LogP contribution is 2.47. The number of hydrogen-bond donors (Lipinski definition) is 2. The maximum absolute atomic E-state index is 12.4. The molecule has 4 rings (SSSR count). The molecule has 0 unspecified atom stereocenters. The molecule has 3 aliphatic heterocycles. The SMILES string of the molecule is O=C(O)C1=C(/C=C/c2ccncc2)C[C@@H]2CN(C(=O)O)[C@@H]3C(=O)N1[C@H]23. The topological polar surface area (TPSA) is 111 Å². The summed E-state index contributed by atoms with van der Waals surface area (Å²) in [6.45, 7) is 0.242. The van der Waals surface area contributed by atoms with E-state index in [2.05, 4.69) is 4.98 Å². The monoisotopic (exact) mass is 341 g/mol. The Bertz CT molecular complexity index is 832. The molecule has 1 aromatic rings. The van der Waals surface area contributed by atoms with Crippen LogP contribution in [0.15, 0.2) is 41.9 Å². The Hall–Kier alpha value is -3.16. The zero-order chi connectivity index (χ0) is 17.7. The van der Waals surface area contributed by atoms with Gasteiger partial charge < -0.3 is 10.2 Å². The molecule has 8 heteroatoms. The molecular formula is C17H15N3O5. The number of allylic oxidation sites excluding steroid dienone is 2. The van der Waals surface area contributed by atoms with E-state index in [4.69, 9.17) is 0 Å². The Labute approximate surface area is 142 Å². The predicted molar refractivity (Wildman–Crippen MR) is 85.2 cm³/mol. The first-order chi connectivity index (χ1) is 12.0. The van der Waals surface area contributed by atoms with Crippen molar-refractivity contribution in [1.82, 2.24) is 14.8 Å². The van der Waals surface area contributed by atoms with Gasteiger partial charge in [0.05, 0.1) is 6.04 Å². The van der Waals surface area contributed by atoms with Crippen LogP contribution in [0.3, 0.4) is 0 Å². The van der Waals surface area contributed by atoms with E-state index in [9.17, 15) is 24.6 Å². The van der Waals surface area contributed by atoms with Crippen molar-refractivity contribution < 1.29 is 24.6 Å². The van der Waals surface area contributed by atoms with Gasteiger partial charge in [-0.1, -0.05) is 12.2 Å². The highest BCUT2D eigenvalue weighted by atomic mass is 16.4. The van der Waals surface area contributed by atoms with Crippen molar-refractivity contribution in [2.24, 2.45) is 5.92 Å². The van der Waals surface area contributed by atoms with Crippen LogP contribution >= 0.6 is 0 Å². The number of β-lactam (4-membered cyclic amide) rings is 1. The van der Waals surface area contributed by atoms with Crippen LogP contribution < -0.4 is 0 Å². The lowest BCUT2D eigenvalue weighted by Gasteiger charge is -2.49. The fourth-order valence-electron chi connectivity index (χ4n) is 3.99. The molecule has 128 valence electrons. The maximum atomic E-state index is 12.4. The average Bonchev–Trinajstić information content (AvgIpc) is 2.96. The Morgan fingerprint density at radius 2 is 1.92 bits per heavy atom. The van der Waals surface area contributed by atoms with Crippen molar-refractivity contribution in [2.45, 2.75) is 18.5 Å². The highest BCUT2D eigenvalue weighted by Gasteiger charge is 2.64. The molecule has 4 heterocycles. The smallest absolute Gasteiger partial charge is 0.408 e. The molecule has 0 radical (unpaired) electrons. The number of carboxylic acid groups (broad SMARTS) is 2. The van der Waals surface area contributed by atoms with Crippen LogP contribution in [0.2, 0.25) is 0 Å². The average molecular weight is 341 g/mol. The molecule has 0 bridgehead atoms. The molecule has 0 spiro atoms. The first-order valence-corrected chi connectivity index (χ1v) is 7.86. The van der Waals surface area contributed by atoms with Gasteiger partial charge in [-0.15, -0.1) is 0 Å². The van der Waals surface area contributed by atoms with Gasteiger partial charge in [-0.05, 0) is 29.7 Å². The number of aliphatic carboxylic acids is 1. The van der Waals surface area contributed by atoms with Gasteiger partial charge in [0.1, 0.15) is 11.7 Å². The Kier molecular flexibility index (Phi) is 3.34. The van der Waals surface area contributed by atoms with Crippen LogP contribution in [0.25, 0.3) is 6.08 Å². The number of amides is 2. The van der Waals surface area contributed by atoms with Crippen LogP contribution in [0.5, 0.6) is 0 Å². The van der Waals surface area contributed by atoms with Gasteiger partial charge in [-0.25, -0.2) is 9.59 Å². The van der Waals surface area contributed by atoms with Crippen molar-refractivity contribution in [3.63, 3.8) is 0 Å². The van der Waals surface area contributed by atoms with Crippen LogP contribution in [0.1, 0.15) is 12.0 Å². The minimum atomic E-state index is -1.17. The number of nitrogens with zero attached hydrogens (tertiary/aromatic N) is 3. The van der Waals surface area contributed by atoms with Crippen LogP contribution in [-0.4, -0.2) is 61.6 Å². The van der Waals surface area contributed by atoms with E-state index >= 15 is 0 Å². The lowest BCUT2D eigenvalue weighted by atomic mass is 9.79. The molecule has 3 aliphatic rings. The summed E-state index contributed by atoms with van der Waals surface area (Å²) in [6, 6.07) is 2.46. The molecule has 1 aromatic heterocycles. The van der Waals surface area contributed by atoms with E-state index in [0.717, 1.165) is 10.5 Å². The number of carbonyl (C=O) groups is 3. The molecule has 25 heavy (non-hydrogen) atoms. The third-order valence-corrected chi connectivity index (χ3v) is 5.02. The van der Waals surface area contributed by atoms with Gasteiger partial charge in [0.25, 0.3) is 5.91 Å². The highest BCUT2D eigenvalue weighted by molar-refractivity contribution is 6.02. The molecule has 2 saturated heterocycles. The third kappa shape index (κ3) is 2.21. The number of carbonyl (C=O) groups excluding carboxylic acids is 1. The second-order valence-electron chi connectivity index (χ2n) is 6.34. The molecule has 2 fully saturated rings. The normalized spacial score (nSPS) is 27.5.